The van der Waals surface area contributed by atoms with Crippen LogP contribution in [-0.2, 0) is 0 Å². The quantitative estimate of drug-likeness (QED) is 0.512. The van der Waals surface area contributed by atoms with E-state index in [4.69, 9.17) is 0 Å². The van der Waals surface area contributed by atoms with Gasteiger partial charge in [-0.25, -0.2) is 0 Å². The third kappa shape index (κ3) is 1.00. The molecule has 1 fully saturated rings. The summed E-state index contributed by atoms with van der Waals surface area (Å²) >= 11 is 0. The molecule has 0 saturated heterocycles. The molecule has 0 heteroatoms. The van der Waals surface area contributed by atoms with Gasteiger partial charge in [-0.3, -0.25) is 0 Å². The van der Waals surface area contributed by atoms with Crippen LogP contribution < -0.4 is 0 Å². The Bertz CT molecular complexity index is 165. The van der Waals surface area contributed by atoms with E-state index in [1.54, 1.807) is 5.57 Å². The minimum absolute atomic E-state index is 0.901. The Morgan fingerprint density at radius 3 is 2.80 bits per heavy atom. The highest BCUT2D eigenvalue weighted by atomic mass is 14.4. The summed E-state index contributed by atoms with van der Waals surface area (Å²) in [5.41, 5.74) is 1.77. The Balaban J connectivity index is 1.86. The zero-order valence-corrected chi connectivity index (χ0v) is 6.93. The van der Waals surface area contributed by atoms with Gasteiger partial charge < -0.3 is 0 Å². The van der Waals surface area contributed by atoms with Gasteiger partial charge in [0.15, 0.2) is 0 Å². The van der Waals surface area contributed by atoms with Gasteiger partial charge in [-0.2, -0.15) is 0 Å². The molecule has 10 heavy (non-hydrogen) atoms. The van der Waals surface area contributed by atoms with E-state index in [9.17, 15) is 0 Å². The van der Waals surface area contributed by atoms with E-state index in [0.29, 0.717) is 0 Å². The fraction of sp³-hybridized carbons (Fsp3) is 0.800. The van der Waals surface area contributed by atoms with Gasteiger partial charge in [0, 0.05) is 0 Å². The molecule has 0 spiro atoms. The van der Waals surface area contributed by atoms with E-state index in [1.165, 1.54) is 19.3 Å². The van der Waals surface area contributed by atoms with Gasteiger partial charge in [0.2, 0.25) is 0 Å². The Hall–Kier alpha value is -0.260. The Labute approximate surface area is 63.3 Å². The van der Waals surface area contributed by atoms with E-state index >= 15 is 0 Å². The van der Waals surface area contributed by atoms with Crippen molar-refractivity contribution in [1.82, 2.24) is 0 Å². The first-order valence-corrected chi connectivity index (χ1v) is 4.46. The van der Waals surface area contributed by atoms with Crippen LogP contribution in [0.2, 0.25) is 0 Å². The highest BCUT2D eigenvalue weighted by Crippen LogP contribution is 2.52. The van der Waals surface area contributed by atoms with Crippen LogP contribution in [0.15, 0.2) is 11.6 Å². The first-order valence-electron chi connectivity index (χ1n) is 4.46. The molecular weight excluding hydrogens is 120 g/mol. The van der Waals surface area contributed by atoms with Crippen molar-refractivity contribution in [3.8, 4) is 0 Å². The van der Waals surface area contributed by atoms with Crippen LogP contribution in [0.5, 0.6) is 0 Å². The van der Waals surface area contributed by atoms with Crippen LogP contribution >= 0.6 is 0 Å². The molecule has 0 aromatic rings. The van der Waals surface area contributed by atoms with Crippen LogP contribution in [0.3, 0.4) is 0 Å². The second-order valence-electron chi connectivity index (χ2n) is 4.21. The van der Waals surface area contributed by atoms with E-state index in [1.807, 2.05) is 0 Å². The van der Waals surface area contributed by atoms with Crippen LogP contribution in [0.4, 0.5) is 0 Å². The summed E-state index contributed by atoms with van der Waals surface area (Å²) in [4.78, 5) is 0. The van der Waals surface area contributed by atoms with Gasteiger partial charge in [-0.1, -0.05) is 25.5 Å². The SMILES string of the molecule is CC(C)CC1CC=C2CC21. The molecule has 0 nitrogen and oxygen atoms in total. The molecule has 2 unspecified atom stereocenters. The van der Waals surface area contributed by atoms with Crippen molar-refractivity contribution >= 4 is 0 Å². The third-order valence-corrected chi connectivity index (χ3v) is 2.80. The molecule has 0 amide bonds. The fourth-order valence-corrected chi connectivity index (χ4v) is 2.23. The molecule has 2 rings (SSSR count). The molecule has 0 aliphatic heterocycles. The zero-order valence-electron chi connectivity index (χ0n) is 6.93. The first kappa shape index (κ1) is 6.45. The smallest absolute Gasteiger partial charge is 0.0134 e. The van der Waals surface area contributed by atoms with E-state index < -0.39 is 0 Å². The Morgan fingerprint density at radius 1 is 1.60 bits per heavy atom. The van der Waals surface area contributed by atoms with E-state index in [2.05, 4.69) is 19.9 Å². The molecule has 2 aliphatic carbocycles. The van der Waals surface area contributed by atoms with Crippen molar-refractivity contribution in [3.05, 3.63) is 11.6 Å². The standard InChI is InChI=1S/C10H16/c1-7(2)5-8-3-4-9-6-10(8)9/h4,7-8,10H,3,5-6H2,1-2H3. The minimum Gasteiger partial charge on any atom is -0.0847 e. The van der Waals surface area contributed by atoms with Gasteiger partial charge in [-0.15, -0.1) is 0 Å². The van der Waals surface area contributed by atoms with E-state index in [0.717, 1.165) is 17.8 Å². The first-order chi connectivity index (χ1) is 4.77. The predicted octanol–water partition coefficient (Wildman–Crippen LogP) is 3.00. The van der Waals surface area contributed by atoms with Crippen LogP contribution in [0.25, 0.3) is 0 Å². The van der Waals surface area contributed by atoms with Gasteiger partial charge in [0.1, 0.15) is 0 Å². The highest BCUT2D eigenvalue weighted by Gasteiger charge is 2.40. The normalized spacial score (nSPS) is 36.1. The molecule has 0 aromatic heterocycles. The minimum atomic E-state index is 0.901. The van der Waals surface area contributed by atoms with Crippen LogP contribution in [0.1, 0.15) is 33.1 Å². The van der Waals surface area contributed by atoms with E-state index in [-0.39, 0.29) is 0 Å². The van der Waals surface area contributed by atoms with Crippen LogP contribution in [-0.4, -0.2) is 0 Å². The summed E-state index contributed by atoms with van der Waals surface area (Å²) in [7, 11) is 0. The van der Waals surface area contributed by atoms with Gasteiger partial charge >= 0.3 is 0 Å². The molecule has 0 N–H and O–H groups in total. The van der Waals surface area contributed by atoms with Crippen molar-refractivity contribution in [3.63, 3.8) is 0 Å². The summed E-state index contributed by atoms with van der Waals surface area (Å²) in [6, 6.07) is 0. The monoisotopic (exact) mass is 136 g/mol. The lowest BCUT2D eigenvalue weighted by molar-refractivity contribution is 0.390. The largest absolute Gasteiger partial charge is 0.0847 e. The molecule has 0 heterocycles. The maximum atomic E-state index is 2.47. The summed E-state index contributed by atoms with van der Waals surface area (Å²) in [5.74, 6) is 2.98. The highest BCUT2D eigenvalue weighted by molar-refractivity contribution is 5.29. The molecule has 0 radical (unpaired) electrons. The summed E-state index contributed by atoms with van der Waals surface area (Å²) in [6.07, 6.45) is 6.75. The lowest BCUT2D eigenvalue weighted by Crippen LogP contribution is -2.03. The zero-order chi connectivity index (χ0) is 7.14. The molecule has 0 bridgehead atoms. The number of rotatable bonds is 2. The molecule has 56 valence electrons. The second-order valence-corrected chi connectivity index (χ2v) is 4.21. The second kappa shape index (κ2) is 2.11. The van der Waals surface area contributed by atoms with Crippen molar-refractivity contribution < 1.29 is 0 Å². The molecule has 2 aliphatic rings. The van der Waals surface area contributed by atoms with Crippen LogP contribution in [0, 0.1) is 17.8 Å². The summed E-state index contributed by atoms with van der Waals surface area (Å²) in [6.45, 7) is 4.67. The molecular formula is C10H16. The number of allylic oxidation sites excluding steroid dienone is 2. The van der Waals surface area contributed by atoms with Gasteiger partial charge in [0.05, 0.1) is 0 Å². The number of hydrogen-bond acceptors (Lipinski definition) is 0. The van der Waals surface area contributed by atoms with Crippen molar-refractivity contribution in [2.24, 2.45) is 17.8 Å². The molecule has 0 aromatic carbocycles. The molecule has 2 atom stereocenters. The Kier molecular flexibility index (Phi) is 1.36. The Morgan fingerprint density at radius 2 is 2.40 bits per heavy atom. The van der Waals surface area contributed by atoms with Gasteiger partial charge in [-0.05, 0) is 37.0 Å². The predicted molar refractivity (Wildman–Crippen MR) is 43.8 cm³/mol. The van der Waals surface area contributed by atoms with Crippen molar-refractivity contribution in [1.29, 1.82) is 0 Å². The van der Waals surface area contributed by atoms with Gasteiger partial charge in [0.25, 0.3) is 0 Å². The summed E-state index contributed by atoms with van der Waals surface area (Å²) in [5, 5.41) is 0. The topological polar surface area (TPSA) is 0 Å². The fourth-order valence-electron chi connectivity index (χ4n) is 2.23. The average molecular weight is 136 g/mol. The summed E-state index contributed by atoms with van der Waals surface area (Å²) < 4.78 is 0. The number of hydrogen-bond donors (Lipinski definition) is 0. The maximum Gasteiger partial charge on any atom is -0.0134 e. The average Bonchev–Trinajstić information content (AvgIpc) is 2.52. The maximum absolute atomic E-state index is 2.47. The molecule has 1 saturated carbocycles. The lowest BCUT2D eigenvalue weighted by atomic mass is 9.92. The van der Waals surface area contributed by atoms with Crippen molar-refractivity contribution in [2.45, 2.75) is 33.1 Å². The van der Waals surface area contributed by atoms with Crippen molar-refractivity contribution in [2.75, 3.05) is 0 Å². The lowest BCUT2D eigenvalue weighted by Gasteiger charge is -2.12. The third-order valence-electron chi connectivity index (χ3n) is 2.80. The number of fused-ring (bicyclic) bond motifs is 1.